The van der Waals surface area contributed by atoms with Crippen LogP contribution in [0.15, 0.2) is 40.2 Å². The Morgan fingerprint density at radius 1 is 1.17 bits per heavy atom. The van der Waals surface area contributed by atoms with Gasteiger partial charge in [-0.15, -0.1) is 35.7 Å². The summed E-state index contributed by atoms with van der Waals surface area (Å²) in [6, 6.07) is 11.1. The molecule has 23 heavy (non-hydrogen) atoms. The third kappa shape index (κ3) is 10.1. The molecule has 1 aromatic rings. The van der Waals surface area contributed by atoms with Gasteiger partial charge in [-0.05, 0) is 32.5 Å². The standard InChI is InChI=1S/C17H30N4S.HI/c1-5-21(15(2)3)13-11-19-17(18-4)20-12-14-22-16-9-7-6-8-10-16;/h6-10,15H,5,11-14H2,1-4H3,(H2,18,19,20);1H. The molecule has 0 bridgehead atoms. The van der Waals surface area contributed by atoms with E-state index < -0.39 is 0 Å². The molecule has 0 spiro atoms. The van der Waals surface area contributed by atoms with Gasteiger partial charge in [0.2, 0.25) is 0 Å². The molecule has 1 rings (SSSR count). The maximum atomic E-state index is 4.27. The Morgan fingerprint density at radius 3 is 2.39 bits per heavy atom. The van der Waals surface area contributed by atoms with Gasteiger partial charge in [-0.3, -0.25) is 9.89 Å². The molecule has 0 radical (unpaired) electrons. The predicted octanol–water partition coefficient (Wildman–Crippen LogP) is 3.29. The number of nitrogens with zero attached hydrogens (tertiary/aromatic N) is 2. The van der Waals surface area contributed by atoms with Crippen LogP contribution < -0.4 is 10.6 Å². The number of guanidine groups is 1. The van der Waals surface area contributed by atoms with Crippen molar-refractivity contribution in [3.63, 3.8) is 0 Å². The van der Waals surface area contributed by atoms with Gasteiger partial charge in [0.25, 0.3) is 0 Å². The second kappa shape index (κ2) is 13.9. The van der Waals surface area contributed by atoms with E-state index in [1.807, 2.05) is 24.9 Å². The van der Waals surface area contributed by atoms with Crippen LogP contribution in [0.5, 0.6) is 0 Å². The van der Waals surface area contributed by atoms with Gasteiger partial charge < -0.3 is 10.6 Å². The smallest absolute Gasteiger partial charge is 0.191 e. The summed E-state index contributed by atoms with van der Waals surface area (Å²) >= 11 is 1.86. The lowest BCUT2D eigenvalue weighted by Crippen LogP contribution is -2.43. The van der Waals surface area contributed by atoms with Crippen molar-refractivity contribution in [2.75, 3.05) is 39.0 Å². The summed E-state index contributed by atoms with van der Waals surface area (Å²) in [5.74, 6) is 1.91. The largest absolute Gasteiger partial charge is 0.356 e. The summed E-state index contributed by atoms with van der Waals surface area (Å²) in [4.78, 5) is 8.01. The maximum Gasteiger partial charge on any atom is 0.191 e. The van der Waals surface area contributed by atoms with Gasteiger partial charge in [0, 0.05) is 43.4 Å². The molecule has 0 amide bonds. The summed E-state index contributed by atoms with van der Waals surface area (Å²) in [7, 11) is 1.82. The Bertz CT molecular complexity index is 426. The lowest BCUT2D eigenvalue weighted by Gasteiger charge is -2.25. The van der Waals surface area contributed by atoms with Crippen molar-refractivity contribution in [3.8, 4) is 0 Å². The molecule has 132 valence electrons. The van der Waals surface area contributed by atoms with Gasteiger partial charge in [0.1, 0.15) is 0 Å². The van der Waals surface area contributed by atoms with Crippen molar-refractivity contribution in [2.24, 2.45) is 4.99 Å². The summed E-state index contributed by atoms with van der Waals surface area (Å²) in [6.07, 6.45) is 0. The molecule has 0 saturated heterocycles. The molecule has 2 N–H and O–H groups in total. The highest BCUT2D eigenvalue weighted by atomic mass is 127. The van der Waals surface area contributed by atoms with E-state index in [1.165, 1.54) is 4.90 Å². The highest BCUT2D eigenvalue weighted by Crippen LogP contribution is 2.15. The number of benzene rings is 1. The number of nitrogens with one attached hydrogen (secondary N) is 2. The molecular weight excluding hydrogens is 419 g/mol. The van der Waals surface area contributed by atoms with Crippen LogP contribution in [0, 0.1) is 0 Å². The van der Waals surface area contributed by atoms with Crippen molar-refractivity contribution >= 4 is 41.7 Å². The van der Waals surface area contributed by atoms with Crippen LogP contribution in [0.3, 0.4) is 0 Å². The topological polar surface area (TPSA) is 39.7 Å². The minimum atomic E-state index is 0. The second-order valence-corrected chi connectivity index (χ2v) is 6.48. The third-order valence-corrected chi connectivity index (χ3v) is 4.47. The van der Waals surface area contributed by atoms with Crippen molar-refractivity contribution in [3.05, 3.63) is 30.3 Å². The molecule has 6 heteroatoms. The third-order valence-electron chi connectivity index (χ3n) is 3.46. The Balaban J connectivity index is 0.00000484. The number of halogens is 1. The molecule has 4 nitrogen and oxygen atoms in total. The fourth-order valence-corrected chi connectivity index (χ4v) is 2.96. The summed E-state index contributed by atoms with van der Waals surface area (Å²) in [5.41, 5.74) is 0. The maximum absolute atomic E-state index is 4.27. The highest BCUT2D eigenvalue weighted by Gasteiger charge is 2.06. The Morgan fingerprint density at radius 2 is 1.83 bits per heavy atom. The van der Waals surface area contributed by atoms with E-state index in [9.17, 15) is 0 Å². The molecule has 0 fully saturated rings. The van der Waals surface area contributed by atoms with Gasteiger partial charge in [-0.25, -0.2) is 0 Å². The van der Waals surface area contributed by atoms with Crippen LogP contribution in [0.4, 0.5) is 0 Å². The minimum absolute atomic E-state index is 0. The zero-order valence-corrected chi connectivity index (χ0v) is 17.9. The fourth-order valence-electron chi connectivity index (χ4n) is 2.18. The van der Waals surface area contributed by atoms with Crippen molar-refractivity contribution < 1.29 is 0 Å². The Hall–Kier alpha value is -0.470. The second-order valence-electron chi connectivity index (χ2n) is 5.31. The number of aliphatic imine (C=N–C) groups is 1. The monoisotopic (exact) mass is 450 g/mol. The van der Waals surface area contributed by atoms with E-state index >= 15 is 0 Å². The first kappa shape index (κ1) is 22.5. The zero-order valence-electron chi connectivity index (χ0n) is 14.7. The number of hydrogen-bond acceptors (Lipinski definition) is 3. The average Bonchev–Trinajstić information content (AvgIpc) is 2.54. The Kier molecular flexibility index (Phi) is 13.6. The summed E-state index contributed by atoms with van der Waals surface area (Å²) in [6.45, 7) is 10.6. The molecule has 0 atom stereocenters. The summed E-state index contributed by atoms with van der Waals surface area (Å²) < 4.78 is 0. The van der Waals surface area contributed by atoms with Crippen LogP contribution in [0.2, 0.25) is 0 Å². The van der Waals surface area contributed by atoms with E-state index in [0.29, 0.717) is 6.04 Å². The van der Waals surface area contributed by atoms with E-state index in [0.717, 1.165) is 37.9 Å². The first-order valence-corrected chi connectivity index (χ1v) is 9.02. The van der Waals surface area contributed by atoms with Crippen molar-refractivity contribution in [1.29, 1.82) is 0 Å². The average molecular weight is 450 g/mol. The number of rotatable bonds is 9. The molecule has 0 unspecified atom stereocenters. The fraction of sp³-hybridized carbons (Fsp3) is 0.588. The highest BCUT2D eigenvalue weighted by molar-refractivity contribution is 14.0. The normalized spacial score (nSPS) is 11.5. The minimum Gasteiger partial charge on any atom is -0.356 e. The zero-order chi connectivity index (χ0) is 16.2. The van der Waals surface area contributed by atoms with Crippen LogP contribution in [0.25, 0.3) is 0 Å². The van der Waals surface area contributed by atoms with Crippen LogP contribution in [0.1, 0.15) is 20.8 Å². The molecule has 0 heterocycles. The lowest BCUT2D eigenvalue weighted by atomic mass is 10.3. The van der Waals surface area contributed by atoms with Gasteiger partial charge >= 0.3 is 0 Å². The summed E-state index contributed by atoms with van der Waals surface area (Å²) in [5, 5.41) is 6.74. The number of thioether (sulfide) groups is 1. The lowest BCUT2D eigenvalue weighted by molar-refractivity contribution is 0.237. The van der Waals surface area contributed by atoms with E-state index in [4.69, 9.17) is 0 Å². The van der Waals surface area contributed by atoms with E-state index in [-0.39, 0.29) is 24.0 Å². The van der Waals surface area contributed by atoms with Gasteiger partial charge in [0.15, 0.2) is 5.96 Å². The molecular formula is C17H31IN4S. The molecule has 0 aliphatic rings. The van der Waals surface area contributed by atoms with Gasteiger partial charge in [-0.1, -0.05) is 25.1 Å². The van der Waals surface area contributed by atoms with E-state index in [1.54, 1.807) is 0 Å². The van der Waals surface area contributed by atoms with Crippen LogP contribution in [-0.4, -0.2) is 55.9 Å². The Labute approximate surface area is 162 Å². The number of likely N-dealkylation sites (N-methyl/N-ethyl adjacent to an activating group) is 1. The van der Waals surface area contributed by atoms with Crippen LogP contribution >= 0.6 is 35.7 Å². The van der Waals surface area contributed by atoms with Gasteiger partial charge in [-0.2, -0.15) is 0 Å². The molecule has 0 aromatic heterocycles. The number of hydrogen-bond donors (Lipinski definition) is 2. The van der Waals surface area contributed by atoms with Crippen LogP contribution in [-0.2, 0) is 0 Å². The van der Waals surface area contributed by atoms with Crippen molar-refractivity contribution in [1.82, 2.24) is 15.5 Å². The van der Waals surface area contributed by atoms with Crippen molar-refractivity contribution in [2.45, 2.75) is 31.7 Å². The quantitative estimate of drug-likeness (QED) is 0.199. The van der Waals surface area contributed by atoms with Gasteiger partial charge in [0.05, 0.1) is 0 Å². The predicted molar refractivity (Wildman–Crippen MR) is 114 cm³/mol. The van der Waals surface area contributed by atoms with E-state index in [2.05, 4.69) is 65.6 Å². The first-order valence-electron chi connectivity index (χ1n) is 8.03. The SMILES string of the molecule is CCN(CCNC(=NC)NCCSc1ccccc1)C(C)C.I. The first-order chi connectivity index (χ1) is 10.7. The molecule has 0 saturated carbocycles. The molecule has 1 aromatic carbocycles. The molecule has 0 aliphatic heterocycles. The molecule has 0 aliphatic carbocycles.